The summed E-state index contributed by atoms with van der Waals surface area (Å²) in [6.45, 7) is 1.31. The quantitative estimate of drug-likeness (QED) is 0.413. The standard InChI is InChI=1S/C18H17Cl3N2O4S/c1-10-8-28-16-13(22-12(24)7-11-5-3-2-4-6-11)15(25)23(16)14(10)17(26)27-9-18(19,20)21/h2-6,13,16H,7-9H2,1H3,(H,22,24)/t13?,16-/m1/s1. The van der Waals surface area contributed by atoms with Crippen LogP contribution >= 0.6 is 46.6 Å². The molecule has 0 saturated carbocycles. The number of β-lactam (4-membered cyclic amide) rings is 1. The van der Waals surface area contributed by atoms with Crippen molar-refractivity contribution in [2.24, 2.45) is 0 Å². The Bertz CT molecular complexity index is 826. The maximum Gasteiger partial charge on any atom is 0.355 e. The van der Waals surface area contributed by atoms with E-state index in [0.29, 0.717) is 11.3 Å². The van der Waals surface area contributed by atoms with Crippen molar-refractivity contribution in [3.63, 3.8) is 0 Å². The lowest BCUT2D eigenvalue weighted by molar-refractivity contribution is -0.152. The molecule has 6 nitrogen and oxygen atoms in total. The van der Waals surface area contributed by atoms with Crippen LogP contribution in [0.15, 0.2) is 41.6 Å². The number of thioether (sulfide) groups is 1. The SMILES string of the molecule is CC1=C(C(=O)OCC(Cl)(Cl)Cl)N2C(=O)C(NC(=O)Cc3ccccc3)[C@H]2SC1. The van der Waals surface area contributed by atoms with Crippen LogP contribution in [0.5, 0.6) is 0 Å². The Morgan fingerprint density at radius 1 is 1.29 bits per heavy atom. The summed E-state index contributed by atoms with van der Waals surface area (Å²) in [5.74, 6) is -0.815. The number of halogens is 3. The van der Waals surface area contributed by atoms with Crippen molar-refractivity contribution in [3.05, 3.63) is 47.2 Å². The second-order valence-electron chi connectivity index (χ2n) is 6.44. The van der Waals surface area contributed by atoms with Gasteiger partial charge >= 0.3 is 5.97 Å². The summed E-state index contributed by atoms with van der Waals surface area (Å²) < 4.78 is 3.29. The predicted octanol–water partition coefficient (Wildman–Crippen LogP) is 2.82. The number of carbonyl (C=O) groups excluding carboxylic acids is 3. The number of benzene rings is 1. The highest BCUT2D eigenvalue weighted by molar-refractivity contribution is 8.00. The van der Waals surface area contributed by atoms with E-state index in [1.807, 2.05) is 30.3 Å². The highest BCUT2D eigenvalue weighted by Gasteiger charge is 2.54. The van der Waals surface area contributed by atoms with Gasteiger partial charge in [0, 0.05) is 5.75 Å². The van der Waals surface area contributed by atoms with Gasteiger partial charge in [0.1, 0.15) is 23.7 Å². The highest BCUT2D eigenvalue weighted by atomic mass is 35.6. The van der Waals surface area contributed by atoms with Gasteiger partial charge in [-0.1, -0.05) is 65.1 Å². The van der Waals surface area contributed by atoms with Gasteiger partial charge < -0.3 is 10.1 Å². The van der Waals surface area contributed by atoms with Crippen molar-refractivity contribution in [3.8, 4) is 0 Å². The highest BCUT2D eigenvalue weighted by Crippen LogP contribution is 2.40. The zero-order valence-electron chi connectivity index (χ0n) is 14.8. The minimum Gasteiger partial charge on any atom is -0.456 e. The predicted molar refractivity (Wildman–Crippen MR) is 109 cm³/mol. The van der Waals surface area contributed by atoms with E-state index in [-0.39, 0.29) is 29.3 Å². The normalized spacial score (nSPS) is 21.7. The van der Waals surface area contributed by atoms with Crippen molar-refractivity contribution in [1.29, 1.82) is 0 Å². The maximum atomic E-state index is 12.6. The van der Waals surface area contributed by atoms with E-state index < -0.39 is 22.4 Å². The van der Waals surface area contributed by atoms with Crippen LogP contribution in [0, 0.1) is 0 Å². The molecule has 0 aromatic heterocycles. The minimum atomic E-state index is -1.74. The molecular formula is C18H17Cl3N2O4S. The van der Waals surface area contributed by atoms with Gasteiger partial charge in [0.05, 0.1) is 6.42 Å². The van der Waals surface area contributed by atoms with Crippen molar-refractivity contribution in [2.75, 3.05) is 12.4 Å². The summed E-state index contributed by atoms with van der Waals surface area (Å²) in [5, 5.41) is 2.39. The van der Waals surface area contributed by atoms with Crippen molar-refractivity contribution in [2.45, 2.75) is 28.6 Å². The topological polar surface area (TPSA) is 75.7 Å². The molecule has 2 heterocycles. The Kier molecular flexibility index (Phi) is 6.49. The van der Waals surface area contributed by atoms with Crippen LogP contribution in [0.4, 0.5) is 0 Å². The Morgan fingerprint density at radius 2 is 1.96 bits per heavy atom. The van der Waals surface area contributed by atoms with Gasteiger partial charge in [0.2, 0.25) is 9.70 Å². The molecule has 0 radical (unpaired) electrons. The summed E-state index contributed by atoms with van der Waals surface area (Å²) >= 11 is 18.3. The molecule has 0 bridgehead atoms. The lowest BCUT2D eigenvalue weighted by Crippen LogP contribution is -2.70. The largest absolute Gasteiger partial charge is 0.456 e. The molecule has 0 spiro atoms. The molecule has 2 aliphatic heterocycles. The van der Waals surface area contributed by atoms with Crippen molar-refractivity contribution >= 4 is 64.3 Å². The van der Waals surface area contributed by atoms with Crippen LogP contribution in [-0.4, -0.2) is 50.3 Å². The zero-order valence-corrected chi connectivity index (χ0v) is 17.9. The monoisotopic (exact) mass is 462 g/mol. The van der Waals surface area contributed by atoms with E-state index in [2.05, 4.69) is 5.32 Å². The minimum absolute atomic E-state index is 0.150. The Hall–Kier alpha value is -1.41. The van der Waals surface area contributed by atoms with Crippen LogP contribution in [0.3, 0.4) is 0 Å². The van der Waals surface area contributed by atoms with Crippen molar-refractivity contribution < 1.29 is 19.1 Å². The lowest BCUT2D eigenvalue weighted by atomic mass is 10.0. The number of amides is 2. The third-order valence-corrected chi connectivity index (χ3v) is 5.99. The van der Waals surface area contributed by atoms with Crippen LogP contribution in [0.1, 0.15) is 12.5 Å². The summed E-state index contributed by atoms with van der Waals surface area (Å²) in [5.41, 5.74) is 1.70. The fourth-order valence-electron chi connectivity index (χ4n) is 2.98. The number of fused-ring (bicyclic) bond motifs is 1. The number of ether oxygens (including phenoxy) is 1. The first-order valence-corrected chi connectivity index (χ1v) is 10.6. The molecule has 1 aromatic carbocycles. The summed E-state index contributed by atoms with van der Waals surface area (Å²) in [6.07, 6.45) is 0.176. The molecule has 1 fully saturated rings. The number of hydrogen-bond acceptors (Lipinski definition) is 5. The van der Waals surface area contributed by atoms with E-state index in [9.17, 15) is 14.4 Å². The first kappa shape index (κ1) is 21.3. The summed E-state index contributed by atoms with van der Waals surface area (Å²) in [4.78, 5) is 38.7. The number of nitrogens with one attached hydrogen (secondary N) is 1. The van der Waals surface area contributed by atoms with E-state index in [0.717, 1.165) is 5.56 Å². The first-order chi connectivity index (χ1) is 13.2. The smallest absolute Gasteiger partial charge is 0.355 e. The molecule has 2 atom stereocenters. The fraction of sp³-hybridized carbons (Fsp3) is 0.389. The van der Waals surface area contributed by atoms with Crippen LogP contribution in [0.2, 0.25) is 0 Å². The van der Waals surface area contributed by atoms with Crippen LogP contribution in [-0.2, 0) is 25.5 Å². The maximum absolute atomic E-state index is 12.6. The fourth-order valence-corrected chi connectivity index (χ4v) is 4.44. The molecule has 3 rings (SSSR count). The van der Waals surface area contributed by atoms with E-state index >= 15 is 0 Å². The second-order valence-corrected chi connectivity index (χ2v) is 10.1. The molecule has 1 unspecified atom stereocenters. The van der Waals surface area contributed by atoms with Gasteiger partial charge in [0.25, 0.3) is 5.91 Å². The lowest BCUT2D eigenvalue weighted by Gasteiger charge is -2.49. The van der Waals surface area contributed by atoms with Crippen LogP contribution < -0.4 is 5.32 Å². The molecule has 2 amide bonds. The number of alkyl halides is 3. The molecule has 10 heteroatoms. The number of carbonyl (C=O) groups is 3. The number of hydrogen-bond donors (Lipinski definition) is 1. The Labute approximate surface area is 181 Å². The Balaban J connectivity index is 1.64. The molecule has 2 aliphatic rings. The van der Waals surface area contributed by atoms with Gasteiger partial charge in [-0.15, -0.1) is 11.8 Å². The van der Waals surface area contributed by atoms with Gasteiger partial charge in [-0.25, -0.2) is 4.79 Å². The molecule has 1 saturated heterocycles. The average molecular weight is 464 g/mol. The third kappa shape index (κ3) is 4.76. The van der Waals surface area contributed by atoms with Crippen molar-refractivity contribution in [1.82, 2.24) is 10.2 Å². The molecule has 0 aliphatic carbocycles. The average Bonchev–Trinajstić information content (AvgIpc) is 2.64. The first-order valence-electron chi connectivity index (χ1n) is 8.39. The van der Waals surface area contributed by atoms with E-state index in [4.69, 9.17) is 39.5 Å². The second kappa shape index (κ2) is 8.53. The number of rotatable bonds is 5. The van der Waals surface area contributed by atoms with Gasteiger partial charge in [-0.3, -0.25) is 14.5 Å². The number of nitrogens with zero attached hydrogens (tertiary/aromatic N) is 1. The molecular weight excluding hydrogens is 447 g/mol. The third-order valence-electron chi connectivity index (χ3n) is 4.24. The van der Waals surface area contributed by atoms with E-state index in [1.165, 1.54) is 16.7 Å². The number of esters is 1. The van der Waals surface area contributed by atoms with E-state index in [1.54, 1.807) is 6.92 Å². The van der Waals surface area contributed by atoms with Gasteiger partial charge in [-0.05, 0) is 18.1 Å². The molecule has 28 heavy (non-hydrogen) atoms. The molecule has 1 aromatic rings. The van der Waals surface area contributed by atoms with Gasteiger partial charge in [0.15, 0.2) is 0 Å². The zero-order chi connectivity index (χ0) is 20.5. The van der Waals surface area contributed by atoms with Crippen LogP contribution in [0.25, 0.3) is 0 Å². The summed E-state index contributed by atoms with van der Waals surface area (Å²) in [6, 6.07) is 8.55. The summed E-state index contributed by atoms with van der Waals surface area (Å²) in [7, 11) is 0. The molecule has 1 N–H and O–H groups in total. The molecule has 150 valence electrons. The Morgan fingerprint density at radius 3 is 2.61 bits per heavy atom. The van der Waals surface area contributed by atoms with Gasteiger partial charge in [-0.2, -0.15) is 0 Å².